The monoisotopic (exact) mass is 646 g/mol. The summed E-state index contributed by atoms with van der Waals surface area (Å²) in [5.74, 6) is 3.45. The fourth-order valence-electron chi connectivity index (χ4n) is 7.10. The first-order valence-electron chi connectivity index (χ1n) is 17.8. The molecule has 4 aromatic carbocycles. The molecule has 0 saturated heterocycles. The van der Waals surface area contributed by atoms with E-state index in [9.17, 15) is 0 Å². The van der Waals surface area contributed by atoms with Crippen LogP contribution in [0.15, 0.2) is 110 Å². The summed E-state index contributed by atoms with van der Waals surface area (Å²) in [5.41, 5.74) is 10.9. The van der Waals surface area contributed by atoms with E-state index in [1.165, 1.54) is 38.6 Å². The van der Waals surface area contributed by atoms with Crippen LogP contribution < -0.4 is 4.74 Å². The van der Waals surface area contributed by atoms with Crippen molar-refractivity contribution in [1.29, 1.82) is 0 Å². The molecular weight excluding hydrogens is 601 g/mol. The van der Waals surface area contributed by atoms with Gasteiger partial charge >= 0.3 is 0 Å². The van der Waals surface area contributed by atoms with E-state index < -0.39 is 0 Å². The molecule has 1 unspecified atom stereocenters. The lowest BCUT2D eigenvalue weighted by Gasteiger charge is -2.15. The molecule has 0 N–H and O–H groups in total. The number of nitrogens with zero attached hydrogens (tertiary/aromatic N) is 4. The van der Waals surface area contributed by atoms with Gasteiger partial charge in [0.1, 0.15) is 17.3 Å². The van der Waals surface area contributed by atoms with E-state index in [1.54, 1.807) is 0 Å². The number of ether oxygens (including phenoxy) is 1. The number of hydrogen-bond donors (Lipinski definition) is 0. The van der Waals surface area contributed by atoms with Gasteiger partial charge in [0.2, 0.25) is 0 Å². The predicted molar refractivity (Wildman–Crippen MR) is 204 cm³/mol. The second-order valence-electron chi connectivity index (χ2n) is 13.7. The van der Waals surface area contributed by atoms with Crippen LogP contribution in [0, 0.1) is 5.92 Å². The first kappa shape index (κ1) is 32.4. The molecule has 3 heterocycles. The second-order valence-corrected chi connectivity index (χ2v) is 13.7. The number of aromatic nitrogens is 4. The summed E-state index contributed by atoms with van der Waals surface area (Å²) in [6, 6.07) is 32.5. The Morgan fingerprint density at radius 2 is 1.51 bits per heavy atom. The predicted octanol–water partition coefficient (Wildman–Crippen LogP) is 11.7. The molecule has 3 aromatic heterocycles. The molecule has 5 nitrogen and oxygen atoms in total. The zero-order valence-corrected chi connectivity index (χ0v) is 29.6. The van der Waals surface area contributed by atoms with E-state index in [2.05, 4.69) is 143 Å². The van der Waals surface area contributed by atoms with Gasteiger partial charge in [-0.05, 0) is 108 Å². The zero-order valence-electron chi connectivity index (χ0n) is 29.6. The SMILES string of the molecule is CCc1cccc(CC)c1-c1cnn(-c2cc(Oc3ccc4c5ccccc5n(-c5cc(CC(C)C)ccn5)c4c3)cc(C(C)CC)c2)c1. The molecule has 0 saturated carbocycles. The number of benzene rings is 4. The molecule has 0 aliphatic rings. The highest BCUT2D eigenvalue weighted by Gasteiger charge is 2.17. The summed E-state index contributed by atoms with van der Waals surface area (Å²) < 4.78 is 11.0. The lowest BCUT2D eigenvalue weighted by atomic mass is 9.94. The van der Waals surface area contributed by atoms with Crippen molar-refractivity contribution in [1.82, 2.24) is 19.3 Å². The second kappa shape index (κ2) is 13.8. The first-order valence-corrected chi connectivity index (χ1v) is 17.8. The van der Waals surface area contributed by atoms with Crippen molar-refractivity contribution < 1.29 is 4.74 Å². The summed E-state index contributed by atoms with van der Waals surface area (Å²) in [4.78, 5) is 4.85. The van der Waals surface area contributed by atoms with Crippen molar-refractivity contribution in [2.24, 2.45) is 5.92 Å². The van der Waals surface area contributed by atoms with Gasteiger partial charge < -0.3 is 4.74 Å². The van der Waals surface area contributed by atoms with Crippen molar-refractivity contribution in [3.05, 3.63) is 132 Å². The first-order chi connectivity index (χ1) is 23.9. The largest absolute Gasteiger partial charge is 0.457 e. The van der Waals surface area contributed by atoms with Gasteiger partial charge in [0.15, 0.2) is 0 Å². The zero-order chi connectivity index (χ0) is 34.1. The Bertz CT molecular complexity index is 2230. The van der Waals surface area contributed by atoms with Crippen molar-refractivity contribution in [2.45, 2.75) is 73.1 Å². The molecule has 0 aliphatic carbocycles. The van der Waals surface area contributed by atoms with E-state index in [0.717, 1.165) is 65.3 Å². The number of pyridine rings is 1. The van der Waals surface area contributed by atoms with Gasteiger partial charge in [-0.3, -0.25) is 4.57 Å². The van der Waals surface area contributed by atoms with E-state index in [-0.39, 0.29) is 0 Å². The number of rotatable bonds is 11. The third kappa shape index (κ3) is 6.38. The quantitative estimate of drug-likeness (QED) is 0.140. The van der Waals surface area contributed by atoms with Crippen LogP contribution in [0.1, 0.15) is 76.1 Å². The summed E-state index contributed by atoms with van der Waals surface area (Å²) in [6.07, 6.45) is 10.1. The maximum absolute atomic E-state index is 6.74. The number of fused-ring (bicyclic) bond motifs is 3. The van der Waals surface area contributed by atoms with Gasteiger partial charge in [-0.25, -0.2) is 9.67 Å². The molecule has 0 radical (unpaired) electrons. The maximum atomic E-state index is 6.74. The molecule has 0 bridgehead atoms. The minimum absolute atomic E-state index is 0.374. The lowest BCUT2D eigenvalue weighted by molar-refractivity contribution is 0.481. The molecule has 7 aromatic rings. The topological polar surface area (TPSA) is 44.9 Å². The Balaban J connectivity index is 1.30. The van der Waals surface area contributed by atoms with Crippen LogP contribution in [0.5, 0.6) is 11.5 Å². The van der Waals surface area contributed by atoms with Crippen molar-refractivity contribution in [3.8, 4) is 34.1 Å². The van der Waals surface area contributed by atoms with Crippen molar-refractivity contribution in [2.75, 3.05) is 0 Å². The van der Waals surface area contributed by atoms with Gasteiger partial charge in [-0.15, -0.1) is 0 Å². The van der Waals surface area contributed by atoms with Crippen LogP contribution in [0.4, 0.5) is 0 Å². The minimum Gasteiger partial charge on any atom is -0.457 e. The third-order valence-corrected chi connectivity index (χ3v) is 9.79. The van der Waals surface area contributed by atoms with Gasteiger partial charge in [0.25, 0.3) is 0 Å². The molecule has 0 fully saturated rings. The molecule has 0 amide bonds. The van der Waals surface area contributed by atoms with Gasteiger partial charge in [0.05, 0.1) is 22.9 Å². The van der Waals surface area contributed by atoms with Gasteiger partial charge in [0, 0.05) is 40.9 Å². The molecule has 1 atom stereocenters. The highest BCUT2D eigenvalue weighted by Crippen LogP contribution is 2.37. The van der Waals surface area contributed by atoms with Crippen LogP contribution in [0.25, 0.3) is 44.4 Å². The molecule has 7 rings (SSSR count). The maximum Gasteiger partial charge on any atom is 0.137 e. The van der Waals surface area contributed by atoms with Gasteiger partial charge in [-0.2, -0.15) is 5.10 Å². The fourth-order valence-corrected chi connectivity index (χ4v) is 7.10. The summed E-state index contributed by atoms with van der Waals surface area (Å²) in [6.45, 7) is 13.5. The number of aryl methyl sites for hydroxylation is 2. The molecule has 5 heteroatoms. The molecule has 0 spiro atoms. The van der Waals surface area contributed by atoms with Crippen molar-refractivity contribution >= 4 is 21.8 Å². The van der Waals surface area contributed by atoms with E-state index in [1.807, 2.05) is 17.1 Å². The van der Waals surface area contributed by atoms with E-state index in [4.69, 9.17) is 14.8 Å². The lowest BCUT2D eigenvalue weighted by Crippen LogP contribution is -2.01. The molecule has 49 heavy (non-hydrogen) atoms. The van der Waals surface area contributed by atoms with Gasteiger partial charge in [-0.1, -0.05) is 77.9 Å². The average molecular weight is 647 g/mol. The summed E-state index contributed by atoms with van der Waals surface area (Å²) in [5, 5.41) is 7.25. The van der Waals surface area contributed by atoms with Crippen LogP contribution >= 0.6 is 0 Å². The van der Waals surface area contributed by atoms with Crippen molar-refractivity contribution in [3.63, 3.8) is 0 Å². The Labute approximate surface area is 290 Å². The highest BCUT2D eigenvalue weighted by molar-refractivity contribution is 6.09. The molecule has 248 valence electrons. The van der Waals surface area contributed by atoms with Crippen LogP contribution in [0.3, 0.4) is 0 Å². The Morgan fingerprint density at radius 3 is 2.27 bits per heavy atom. The number of para-hydroxylation sites is 1. The van der Waals surface area contributed by atoms with Crippen LogP contribution in [-0.4, -0.2) is 19.3 Å². The summed E-state index contributed by atoms with van der Waals surface area (Å²) in [7, 11) is 0. The van der Waals surface area contributed by atoms with Crippen LogP contribution in [-0.2, 0) is 19.3 Å². The Morgan fingerprint density at radius 1 is 0.735 bits per heavy atom. The van der Waals surface area contributed by atoms with E-state index in [0.29, 0.717) is 11.8 Å². The van der Waals surface area contributed by atoms with E-state index >= 15 is 0 Å². The number of hydrogen-bond acceptors (Lipinski definition) is 3. The normalized spacial score (nSPS) is 12.3. The summed E-state index contributed by atoms with van der Waals surface area (Å²) >= 11 is 0. The Kier molecular flexibility index (Phi) is 9.09. The minimum atomic E-state index is 0.374. The highest BCUT2D eigenvalue weighted by atomic mass is 16.5. The molecular formula is C44H46N4O. The Hall–Kier alpha value is -5.16. The average Bonchev–Trinajstić information content (AvgIpc) is 3.74. The standard InChI is InChI=1S/C44H46N4O/c1-7-30(6)34-23-36(47-28-35(27-46-47)44-32(8-2)13-12-14-33(44)9-3)25-38(24-34)49-37-17-18-40-39-15-10-11-16-41(39)48(42(40)26-37)43-22-31(19-20-45-43)21-29(4)5/h10-20,22-30H,7-9,21H2,1-6H3. The third-order valence-electron chi connectivity index (χ3n) is 9.79. The smallest absolute Gasteiger partial charge is 0.137 e. The fraction of sp³-hybridized carbons (Fsp3) is 0.273. The van der Waals surface area contributed by atoms with Crippen LogP contribution in [0.2, 0.25) is 0 Å². The molecule has 0 aliphatic heterocycles.